The van der Waals surface area contributed by atoms with Crippen molar-refractivity contribution in [2.75, 3.05) is 0 Å². The predicted octanol–water partition coefficient (Wildman–Crippen LogP) is 2.68. The van der Waals surface area contributed by atoms with Gasteiger partial charge >= 0.3 is 0 Å². The number of nitro benzene ring substituents is 1. The molecule has 1 aromatic carbocycles. The highest BCUT2D eigenvalue weighted by Crippen LogP contribution is 2.24. The molecule has 0 aliphatic carbocycles. The van der Waals surface area contributed by atoms with Crippen molar-refractivity contribution in [3.63, 3.8) is 0 Å². The van der Waals surface area contributed by atoms with Gasteiger partial charge in [-0.1, -0.05) is 11.6 Å². The minimum absolute atomic E-state index is 0.0489. The number of fused-ring (bicyclic) bond motifs is 1. The number of rotatable bonds is 2. The Bertz CT molecular complexity index is 526. The molecule has 0 radical (unpaired) electrons. The maximum atomic E-state index is 12.7. The van der Waals surface area contributed by atoms with Crippen molar-refractivity contribution in [3.8, 4) is 0 Å². The first-order chi connectivity index (χ1) is 7.08. The van der Waals surface area contributed by atoms with Crippen LogP contribution in [0.15, 0.2) is 18.2 Å². The SMILES string of the molecule is O=[N+]([O-])c1ccc2nc([C@H](F)Cl)[nH]c2c1. The molecule has 1 N–H and O–H groups in total. The Balaban J connectivity index is 2.57. The maximum absolute atomic E-state index is 12.7. The van der Waals surface area contributed by atoms with Crippen LogP contribution in [-0.2, 0) is 0 Å². The lowest BCUT2D eigenvalue weighted by Gasteiger charge is -1.90. The summed E-state index contributed by atoms with van der Waals surface area (Å²) in [4.78, 5) is 16.3. The van der Waals surface area contributed by atoms with E-state index in [1.807, 2.05) is 0 Å². The first kappa shape index (κ1) is 9.85. The van der Waals surface area contributed by atoms with Gasteiger partial charge in [0, 0.05) is 12.1 Å². The minimum atomic E-state index is -1.74. The van der Waals surface area contributed by atoms with Crippen LogP contribution in [0.2, 0.25) is 0 Å². The summed E-state index contributed by atoms with van der Waals surface area (Å²) >= 11 is 5.18. The molecule has 0 saturated carbocycles. The van der Waals surface area contributed by atoms with E-state index in [1.165, 1.54) is 18.2 Å². The summed E-state index contributed by atoms with van der Waals surface area (Å²) in [6.07, 6.45) is 0. The number of nitrogens with one attached hydrogen (secondary N) is 1. The average Bonchev–Trinajstić information content (AvgIpc) is 2.59. The molecule has 1 heterocycles. The van der Waals surface area contributed by atoms with Gasteiger partial charge in [0.25, 0.3) is 5.69 Å². The van der Waals surface area contributed by atoms with E-state index in [9.17, 15) is 14.5 Å². The van der Waals surface area contributed by atoms with E-state index in [-0.39, 0.29) is 11.5 Å². The molecule has 0 bridgehead atoms. The topological polar surface area (TPSA) is 71.8 Å². The third-order valence-corrected chi connectivity index (χ3v) is 2.11. The molecule has 0 spiro atoms. The van der Waals surface area contributed by atoms with Crippen molar-refractivity contribution in [3.05, 3.63) is 34.1 Å². The fourth-order valence-electron chi connectivity index (χ4n) is 1.23. The summed E-state index contributed by atoms with van der Waals surface area (Å²) in [6.45, 7) is 0. The van der Waals surface area contributed by atoms with Gasteiger partial charge in [-0.3, -0.25) is 10.1 Å². The van der Waals surface area contributed by atoms with E-state index in [0.717, 1.165) is 0 Å². The van der Waals surface area contributed by atoms with Crippen LogP contribution in [0.4, 0.5) is 10.1 Å². The molecular formula is C8H5ClFN3O2. The molecular weight excluding hydrogens is 225 g/mol. The highest BCUT2D eigenvalue weighted by atomic mass is 35.5. The molecule has 15 heavy (non-hydrogen) atoms. The average molecular weight is 230 g/mol. The maximum Gasteiger partial charge on any atom is 0.271 e. The van der Waals surface area contributed by atoms with Crippen molar-refractivity contribution in [2.24, 2.45) is 0 Å². The molecule has 7 heteroatoms. The summed E-state index contributed by atoms with van der Waals surface area (Å²) in [6, 6.07) is 4.02. The van der Waals surface area contributed by atoms with Crippen LogP contribution in [0, 0.1) is 10.1 Å². The number of aromatic nitrogens is 2. The van der Waals surface area contributed by atoms with Crippen LogP contribution in [0.5, 0.6) is 0 Å². The molecule has 2 rings (SSSR count). The highest BCUT2D eigenvalue weighted by Gasteiger charge is 2.13. The van der Waals surface area contributed by atoms with Gasteiger partial charge in [0.15, 0.2) is 5.82 Å². The number of nitrogens with zero attached hydrogens (tertiary/aromatic N) is 2. The van der Waals surface area contributed by atoms with Crippen LogP contribution in [0.1, 0.15) is 11.5 Å². The smallest absolute Gasteiger partial charge is 0.271 e. The summed E-state index contributed by atoms with van der Waals surface area (Å²) in [7, 11) is 0. The monoisotopic (exact) mass is 229 g/mol. The Hall–Kier alpha value is -1.69. The van der Waals surface area contributed by atoms with E-state index < -0.39 is 10.6 Å². The Labute approximate surface area is 88.0 Å². The normalized spacial score (nSPS) is 12.9. The molecule has 1 aromatic heterocycles. The zero-order valence-electron chi connectivity index (χ0n) is 7.28. The number of benzene rings is 1. The lowest BCUT2D eigenvalue weighted by molar-refractivity contribution is -0.384. The minimum Gasteiger partial charge on any atom is -0.338 e. The largest absolute Gasteiger partial charge is 0.338 e. The molecule has 0 aliphatic rings. The Kier molecular flexibility index (Phi) is 2.28. The quantitative estimate of drug-likeness (QED) is 0.489. The van der Waals surface area contributed by atoms with Crippen LogP contribution in [0.25, 0.3) is 11.0 Å². The zero-order chi connectivity index (χ0) is 11.0. The molecule has 1 atom stereocenters. The van der Waals surface area contributed by atoms with Gasteiger partial charge in [-0.05, 0) is 6.07 Å². The summed E-state index contributed by atoms with van der Waals surface area (Å²) in [5, 5.41) is 10.5. The van der Waals surface area contributed by atoms with Gasteiger partial charge in [0.05, 0.1) is 16.0 Å². The lowest BCUT2D eigenvalue weighted by atomic mass is 10.3. The number of non-ortho nitro benzene ring substituents is 1. The van der Waals surface area contributed by atoms with Crippen molar-refractivity contribution in [2.45, 2.75) is 5.63 Å². The number of nitro groups is 1. The number of alkyl halides is 2. The standard InChI is InChI=1S/C8H5ClFN3O2/c9-7(10)8-11-5-2-1-4(13(14)15)3-6(5)12-8/h1-3,7H,(H,11,12)/t7-/m0/s1. The molecule has 78 valence electrons. The predicted molar refractivity (Wildman–Crippen MR) is 52.5 cm³/mol. The fraction of sp³-hybridized carbons (Fsp3) is 0.125. The molecule has 0 unspecified atom stereocenters. The number of hydrogen-bond donors (Lipinski definition) is 1. The first-order valence-electron chi connectivity index (χ1n) is 4.00. The Morgan fingerprint density at radius 1 is 1.60 bits per heavy atom. The lowest BCUT2D eigenvalue weighted by Crippen LogP contribution is -1.86. The highest BCUT2D eigenvalue weighted by molar-refractivity contribution is 6.19. The molecule has 0 aliphatic heterocycles. The first-order valence-corrected chi connectivity index (χ1v) is 4.44. The van der Waals surface area contributed by atoms with Gasteiger partial charge in [-0.25, -0.2) is 9.37 Å². The van der Waals surface area contributed by atoms with E-state index in [0.29, 0.717) is 11.0 Å². The van der Waals surface area contributed by atoms with Gasteiger partial charge in [-0.2, -0.15) is 0 Å². The van der Waals surface area contributed by atoms with Gasteiger partial charge < -0.3 is 4.98 Å². The number of imidazole rings is 1. The molecule has 0 saturated heterocycles. The summed E-state index contributed by atoms with van der Waals surface area (Å²) < 4.78 is 12.7. The Morgan fingerprint density at radius 3 is 2.93 bits per heavy atom. The second-order valence-corrected chi connectivity index (χ2v) is 3.26. The Morgan fingerprint density at radius 2 is 2.33 bits per heavy atom. The van der Waals surface area contributed by atoms with Crippen molar-refractivity contribution < 1.29 is 9.31 Å². The van der Waals surface area contributed by atoms with E-state index in [2.05, 4.69) is 9.97 Å². The number of halogens is 2. The number of hydrogen-bond acceptors (Lipinski definition) is 3. The molecule has 0 amide bonds. The van der Waals surface area contributed by atoms with E-state index >= 15 is 0 Å². The zero-order valence-corrected chi connectivity index (χ0v) is 8.03. The van der Waals surface area contributed by atoms with Gasteiger partial charge in [0.2, 0.25) is 5.63 Å². The summed E-state index contributed by atoms with van der Waals surface area (Å²) in [5.41, 5.74) is -0.986. The molecule has 5 nitrogen and oxygen atoms in total. The second kappa shape index (κ2) is 3.47. The molecule has 0 fully saturated rings. The van der Waals surface area contributed by atoms with E-state index in [1.54, 1.807) is 0 Å². The third-order valence-electron chi connectivity index (χ3n) is 1.90. The van der Waals surface area contributed by atoms with Crippen LogP contribution >= 0.6 is 11.6 Å². The van der Waals surface area contributed by atoms with Crippen LogP contribution < -0.4 is 0 Å². The van der Waals surface area contributed by atoms with Crippen LogP contribution in [-0.4, -0.2) is 14.9 Å². The van der Waals surface area contributed by atoms with Crippen molar-refractivity contribution in [1.82, 2.24) is 9.97 Å². The van der Waals surface area contributed by atoms with E-state index in [4.69, 9.17) is 11.6 Å². The van der Waals surface area contributed by atoms with Gasteiger partial charge in [-0.15, -0.1) is 0 Å². The second-order valence-electron chi connectivity index (χ2n) is 2.88. The number of aromatic amines is 1. The fourth-order valence-corrected chi connectivity index (χ4v) is 1.34. The van der Waals surface area contributed by atoms with Crippen molar-refractivity contribution in [1.29, 1.82) is 0 Å². The number of H-pyrrole nitrogens is 1. The molecule has 2 aromatic rings. The summed E-state index contributed by atoms with van der Waals surface area (Å²) in [5.74, 6) is -0.0489. The third kappa shape index (κ3) is 1.75. The van der Waals surface area contributed by atoms with Gasteiger partial charge in [0.1, 0.15) is 0 Å². The van der Waals surface area contributed by atoms with Crippen molar-refractivity contribution >= 4 is 28.3 Å². The van der Waals surface area contributed by atoms with Crippen LogP contribution in [0.3, 0.4) is 0 Å².